The molecule has 0 saturated heterocycles. The molecule has 0 heterocycles. The first kappa shape index (κ1) is 13.8. The van der Waals surface area contributed by atoms with Gasteiger partial charge in [-0.25, -0.2) is 0 Å². The van der Waals surface area contributed by atoms with E-state index in [0.29, 0.717) is 6.54 Å². The van der Waals surface area contributed by atoms with E-state index in [1.807, 2.05) is 39.1 Å². The van der Waals surface area contributed by atoms with Crippen molar-refractivity contribution in [1.82, 2.24) is 4.90 Å². The first-order valence-corrected chi connectivity index (χ1v) is 5.65. The van der Waals surface area contributed by atoms with E-state index >= 15 is 0 Å². The van der Waals surface area contributed by atoms with Gasteiger partial charge in [-0.3, -0.25) is 4.90 Å². The first-order chi connectivity index (χ1) is 7.90. The third kappa shape index (κ3) is 3.35. The van der Waals surface area contributed by atoms with Crippen LogP contribution < -0.4 is 10.5 Å². The van der Waals surface area contributed by atoms with Crippen molar-refractivity contribution < 1.29 is 9.84 Å². The summed E-state index contributed by atoms with van der Waals surface area (Å²) < 4.78 is 5.30. The van der Waals surface area contributed by atoms with Crippen LogP contribution in [0.4, 0.5) is 5.69 Å². The Kier molecular flexibility index (Phi) is 4.37. The highest BCUT2D eigenvalue weighted by atomic mass is 16.5. The van der Waals surface area contributed by atoms with Crippen molar-refractivity contribution in [1.29, 1.82) is 0 Å². The van der Waals surface area contributed by atoms with E-state index in [1.54, 1.807) is 7.11 Å². The molecule has 0 radical (unpaired) electrons. The Morgan fingerprint density at radius 3 is 2.59 bits per heavy atom. The minimum absolute atomic E-state index is 0.105. The Morgan fingerprint density at radius 2 is 2.06 bits per heavy atom. The molecule has 0 aromatic heterocycles. The van der Waals surface area contributed by atoms with E-state index < -0.39 is 0 Å². The van der Waals surface area contributed by atoms with Crippen molar-refractivity contribution in [3.63, 3.8) is 0 Å². The molecule has 0 spiro atoms. The zero-order chi connectivity index (χ0) is 13.1. The van der Waals surface area contributed by atoms with E-state index in [2.05, 4.69) is 4.90 Å². The molecule has 0 bridgehead atoms. The number of aliphatic hydroxyl groups excluding tert-OH is 1. The number of nitrogens with two attached hydrogens (primary N) is 1. The molecule has 1 aromatic carbocycles. The second-order valence-electron chi connectivity index (χ2n) is 4.90. The number of benzene rings is 1. The number of aliphatic hydroxyl groups is 1. The van der Waals surface area contributed by atoms with Gasteiger partial charge in [0.05, 0.1) is 13.7 Å². The molecule has 4 nitrogen and oxygen atoms in total. The number of nitrogen functional groups attached to an aromatic ring is 1. The lowest BCUT2D eigenvalue weighted by Gasteiger charge is -2.34. The van der Waals surface area contributed by atoms with Gasteiger partial charge in [0.2, 0.25) is 0 Å². The molecular formula is C13H22N2O2. The highest BCUT2D eigenvalue weighted by Crippen LogP contribution is 2.24. The van der Waals surface area contributed by atoms with Crippen molar-refractivity contribution in [2.45, 2.75) is 25.9 Å². The quantitative estimate of drug-likeness (QED) is 0.763. The standard InChI is InChI=1S/C13H22N2O2/c1-13(2,9-16)15(3)8-10-7-11(14)5-6-12(10)17-4/h5-7,16H,8-9,14H2,1-4H3. The molecule has 0 aliphatic heterocycles. The molecule has 0 saturated carbocycles. The summed E-state index contributed by atoms with van der Waals surface area (Å²) in [6, 6.07) is 5.59. The van der Waals surface area contributed by atoms with Crippen molar-refractivity contribution >= 4 is 5.69 Å². The summed E-state index contributed by atoms with van der Waals surface area (Å²) in [5.74, 6) is 0.819. The number of hydrogen-bond donors (Lipinski definition) is 2. The highest BCUT2D eigenvalue weighted by molar-refractivity contribution is 5.47. The average molecular weight is 238 g/mol. The van der Waals surface area contributed by atoms with Gasteiger partial charge in [0.1, 0.15) is 5.75 Å². The SMILES string of the molecule is COc1ccc(N)cc1CN(C)C(C)(C)CO. The number of nitrogens with zero attached hydrogens (tertiary/aromatic N) is 1. The molecule has 1 aromatic rings. The predicted molar refractivity (Wildman–Crippen MR) is 70.0 cm³/mol. The van der Waals surface area contributed by atoms with Crippen LogP contribution in [0.25, 0.3) is 0 Å². The lowest BCUT2D eigenvalue weighted by Crippen LogP contribution is -2.43. The molecule has 3 N–H and O–H groups in total. The summed E-state index contributed by atoms with van der Waals surface area (Å²) in [7, 11) is 3.62. The Morgan fingerprint density at radius 1 is 1.41 bits per heavy atom. The van der Waals surface area contributed by atoms with E-state index in [0.717, 1.165) is 17.0 Å². The van der Waals surface area contributed by atoms with Crippen LogP contribution in [-0.4, -0.2) is 36.3 Å². The molecule has 96 valence electrons. The minimum atomic E-state index is -0.268. The summed E-state index contributed by atoms with van der Waals surface area (Å²) in [5.41, 5.74) is 7.25. The lowest BCUT2D eigenvalue weighted by atomic mass is 10.0. The molecule has 1 rings (SSSR count). The molecular weight excluding hydrogens is 216 g/mol. The smallest absolute Gasteiger partial charge is 0.123 e. The average Bonchev–Trinajstić information content (AvgIpc) is 2.29. The number of ether oxygens (including phenoxy) is 1. The van der Waals surface area contributed by atoms with Crippen LogP contribution in [-0.2, 0) is 6.54 Å². The van der Waals surface area contributed by atoms with Crippen LogP contribution in [0.2, 0.25) is 0 Å². The lowest BCUT2D eigenvalue weighted by molar-refractivity contribution is 0.0728. The highest BCUT2D eigenvalue weighted by Gasteiger charge is 2.23. The third-order valence-corrected chi connectivity index (χ3v) is 3.13. The van der Waals surface area contributed by atoms with Crippen LogP contribution in [0.1, 0.15) is 19.4 Å². The second-order valence-corrected chi connectivity index (χ2v) is 4.90. The largest absolute Gasteiger partial charge is 0.496 e. The van der Waals surface area contributed by atoms with Gasteiger partial charge in [0.15, 0.2) is 0 Å². The van der Waals surface area contributed by atoms with Gasteiger partial charge >= 0.3 is 0 Å². The van der Waals surface area contributed by atoms with E-state index in [9.17, 15) is 5.11 Å². The Bertz CT molecular complexity index is 378. The first-order valence-electron chi connectivity index (χ1n) is 5.65. The summed E-state index contributed by atoms with van der Waals surface area (Å²) >= 11 is 0. The van der Waals surface area contributed by atoms with Crippen molar-refractivity contribution in [2.24, 2.45) is 0 Å². The van der Waals surface area contributed by atoms with E-state index in [-0.39, 0.29) is 12.1 Å². The minimum Gasteiger partial charge on any atom is -0.496 e. The fraction of sp³-hybridized carbons (Fsp3) is 0.538. The third-order valence-electron chi connectivity index (χ3n) is 3.13. The van der Waals surface area contributed by atoms with Crippen LogP contribution in [0.3, 0.4) is 0 Å². The fourth-order valence-electron chi connectivity index (χ4n) is 1.51. The summed E-state index contributed by atoms with van der Waals surface area (Å²) in [6.45, 7) is 4.77. The Hall–Kier alpha value is -1.26. The Balaban J connectivity index is 2.91. The molecule has 4 heteroatoms. The molecule has 0 aliphatic carbocycles. The van der Waals surface area contributed by atoms with Crippen LogP contribution in [0.15, 0.2) is 18.2 Å². The van der Waals surface area contributed by atoms with Gasteiger partial charge in [-0.2, -0.15) is 0 Å². The van der Waals surface area contributed by atoms with E-state index in [1.165, 1.54) is 0 Å². The molecule has 0 aliphatic rings. The Labute approximate surface area is 103 Å². The van der Waals surface area contributed by atoms with Crippen LogP contribution >= 0.6 is 0 Å². The zero-order valence-corrected chi connectivity index (χ0v) is 11.0. The molecule has 0 atom stereocenters. The zero-order valence-electron chi connectivity index (χ0n) is 11.0. The molecule has 0 amide bonds. The number of hydrogen-bond acceptors (Lipinski definition) is 4. The van der Waals surface area contributed by atoms with Gasteiger partial charge < -0.3 is 15.6 Å². The van der Waals surface area contributed by atoms with Gasteiger partial charge in [0.25, 0.3) is 0 Å². The van der Waals surface area contributed by atoms with Gasteiger partial charge in [-0.1, -0.05) is 0 Å². The van der Waals surface area contributed by atoms with E-state index in [4.69, 9.17) is 10.5 Å². The number of rotatable bonds is 5. The van der Waals surface area contributed by atoms with Crippen molar-refractivity contribution in [3.8, 4) is 5.75 Å². The number of methoxy groups -OCH3 is 1. The van der Waals surface area contributed by atoms with Gasteiger partial charge in [0, 0.05) is 23.3 Å². The number of likely N-dealkylation sites (N-methyl/N-ethyl adjacent to an activating group) is 1. The second kappa shape index (κ2) is 5.38. The summed E-state index contributed by atoms with van der Waals surface area (Å²) in [6.07, 6.45) is 0. The van der Waals surface area contributed by atoms with Gasteiger partial charge in [-0.05, 0) is 39.1 Å². The molecule has 0 unspecified atom stereocenters. The predicted octanol–water partition coefficient (Wildman–Crippen LogP) is 1.48. The van der Waals surface area contributed by atoms with Crippen molar-refractivity contribution in [3.05, 3.63) is 23.8 Å². The fourth-order valence-corrected chi connectivity index (χ4v) is 1.51. The maximum Gasteiger partial charge on any atom is 0.123 e. The number of anilines is 1. The topological polar surface area (TPSA) is 58.7 Å². The maximum absolute atomic E-state index is 9.33. The van der Waals surface area contributed by atoms with Gasteiger partial charge in [-0.15, -0.1) is 0 Å². The summed E-state index contributed by atoms with van der Waals surface area (Å²) in [5, 5.41) is 9.33. The van der Waals surface area contributed by atoms with Crippen LogP contribution in [0.5, 0.6) is 5.75 Å². The van der Waals surface area contributed by atoms with Crippen LogP contribution in [0, 0.1) is 0 Å². The summed E-state index contributed by atoms with van der Waals surface area (Å²) in [4.78, 5) is 2.07. The molecule has 0 fully saturated rings. The maximum atomic E-state index is 9.33. The molecule has 17 heavy (non-hydrogen) atoms. The normalized spacial score (nSPS) is 11.9. The monoisotopic (exact) mass is 238 g/mol. The van der Waals surface area contributed by atoms with Crippen molar-refractivity contribution in [2.75, 3.05) is 26.5 Å².